The molecule has 0 aliphatic rings. The SMILES string of the molecule is N#Cc1ccc(C#N)c(C=O)c1. The van der Waals surface area contributed by atoms with Gasteiger partial charge in [-0.15, -0.1) is 0 Å². The lowest BCUT2D eigenvalue weighted by Crippen LogP contribution is -1.88. The second-order valence-corrected chi connectivity index (χ2v) is 2.14. The van der Waals surface area contributed by atoms with Crippen LogP contribution >= 0.6 is 0 Å². The minimum absolute atomic E-state index is 0.261. The van der Waals surface area contributed by atoms with Crippen LogP contribution in [0.1, 0.15) is 21.5 Å². The fourth-order valence-corrected chi connectivity index (χ4v) is 0.832. The number of hydrogen-bond donors (Lipinski definition) is 0. The van der Waals surface area contributed by atoms with Crippen LogP contribution in [0.5, 0.6) is 0 Å². The number of hydrogen-bond acceptors (Lipinski definition) is 3. The minimum Gasteiger partial charge on any atom is -0.298 e. The van der Waals surface area contributed by atoms with E-state index in [2.05, 4.69) is 0 Å². The lowest BCUT2D eigenvalue weighted by atomic mass is 10.1. The Morgan fingerprint density at radius 2 is 2.00 bits per heavy atom. The highest BCUT2D eigenvalue weighted by Crippen LogP contribution is 2.07. The summed E-state index contributed by atoms with van der Waals surface area (Å²) < 4.78 is 0. The Balaban J connectivity index is 3.34. The van der Waals surface area contributed by atoms with Crippen LogP contribution in [0.4, 0.5) is 0 Å². The van der Waals surface area contributed by atoms with E-state index in [0.29, 0.717) is 17.4 Å². The summed E-state index contributed by atoms with van der Waals surface area (Å²) >= 11 is 0. The van der Waals surface area contributed by atoms with Crippen LogP contribution in [0, 0.1) is 22.7 Å². The van der Waals surface area contributed by atoms with Crippen molar-refractivity contribution in [3.05, 3.63) is 34.9 Å². The first kappa shape index (κ1) is 7.97. The van der Waals surface area contributed by atoms with Crippen molar-refractivity contribution >= 4 is 6.29 Å². The van der Waals surface area contributed by atoms with E-state index in [1.807, 2.05) is 12.1 Å². The third-order valence-corrected chi connectivity index (χ3v) is 1.43. The molecule has 0 amide bonds. The summed E-state index contributed by atoms with van der Waals surface area (Å²) in [5.41, 5.74) is 0.941. The largest absolute Gasteiger partial charge is 0.298 e. The standard InChI is InChI=1S/C9H4N2O/c10-4-7-1-2-8(5-11)9(3-7)6-12/h1-3,6H. The van der Waals surface area contributed by atoms with Gasteiger partial charge in [0.1, 0.15) is 0 Å². The van der Waals surface area contributed by atoms with Gasteiger partial charge in [0.05, 0.1) is 23.3 Å². The van der Waals surface area contributed by atoms with Gasteiger partial charge in [0.25, 0.3) is 0 Å². The van der Waals surface area contributed by atoms with Gasteiger partial charge in [0.2, 0.25) is 0 Å². The summed E-state index contributed by atoms with van der Waals surface area (Å²) in [6.45, 7) is 0. The molecule has 0 spiro atoms. The van der Waals surface area contributed by atoms with Gasteiger partial charge >= 0.3 is 0 Å². The zero-order valence-corrected chi connectivity index (χ0v) is 6.11. The van der Waals surface area contributed by atoms with Crippen LogP contribution in [0.3, 0.4) is 0 Å². The number of nitriles is 2. The minimum atomic E-state index is 0.261. The Morgan fingerprint density at radius 1 is 1.25 bits per heavy atom. The maximum Gasteiger partial charge on any atom is 0.151 e. The van der Waals surface area contributed by atoms with Crippen molar-refractivity contribution in [2.45, 2.75) is 0 Å². The molecule has 0 N–H and O–H groups in total. The molecule has 0 aliphatic carbocycles. The van der Waals surface area contributed by atoms with Crippen molar-refractivity contribution in [2.75, 3.05) is 0 Å². The van der Waals surface area contributed by atoms with Gasteiger partial charge in [0.15, 0.2) is 6.29 Å². The number of nitrogens with zero attached hydrogens (tertiary/aromatic N) is 2. The smallest absolute Gasteiger partial charge is 0.151 e. The van der Waals surface area contributed by atoms with Crippen LogP contribution in [-0.4, -0.2) is 6.29 Å². The Labute approximate surface area is 69.5 Å². The highest BCUT2D eigenvalue weighted by Gasteiger charge is 2.00. The summed E-state index contributed by atoms with van der Waals surface area (Å²) in [5.74, 6) is 0. The predicted octanol–water partition coefficient (Wildman–Crippen LogP) is 1.24. The molecule has 3 heteroatoms. The van der Waals surface area contributed by atoms with Gasteiger partial charge in [0, 0.05) is 5.56 Å². The topological polar surface area (TPSA) is 64.7 Å². The molecular formula is C9H4N2O. The summed E-state index contributed by atoms with van der Waals surface area (Å²) in [6, 6.07) is 8.10. The quantitative estimate of drug-likeness (QED) is 0.574. The third kappa shape index (κ3) is 1.31. The Morgan fingerprint density at radius 3 is 2.50 bits per heavy atom. The van der Waals surface area contributed by atoms with Gasteiger partial charge in [-0.25, -0.2) is 0 Å². The Bertz CT molecular complexity index is 396. The molecule has 0 bridgehead atoms. The molecule has 1 rings (SSSR count). The molecule has 0 heterocycles. The molecule has 1 aromatic carbocycles. The third-order valence-electron chi connectivity index (χ3n) is 1.43. The Hall–Kier alpha value is -2.13. The summed E-state index contributed by atoms with van der Waals surface area (Å²) in [5, 5.41) is 17.0. The van der Waals surface area contributed by atoms with E-state index in [4.69, 9.17) is 10.5 Å². The second kappa shape index (κ2) is 3.32. The lowest BCUT2D eigenvalue weighted by Gasteiger charge is -1.93. The zero-order valence-electron chi connectivity index (χ0n) is 6.11. The van der Waals surface area contributed by atoms with Crippen LogP contribution in [0.25, 0.3) is 0 Å². The normalized spacial score (nSPS) is 8.17. The van der Waals surface area contributed by atoms with Crippen LogP contribution in [-0.2, 0) is 0 Å². The van der Waals surface area contributed by atoms with Crippen molar-refractivity contribution < 1.29 is 4.79 Å². The fourth-order valence-electron chi connectivity index (χ4n) is 0.832. The van der Waals surface area contributed by atoms with Gasteiger partial charge < -0.3 is 0 Å². The monoisotopic (exact) mass is 156 g/mol. The molecule has 0 aliphatic heterocycles. The first-order valence-corrected chi connectivity index (χ1v) is 3.21. The van der Waals surface area contributed by atoms with E-state index in [0.717, 1.165) is 0 Å². The number of aldehydes is 1. The summed E-state index contributed by atoms with van der Waals surface area (Å²) in [6.07, 6.45) is 0.569. The van der Waals surface area contributed by atoms with E-state index >= 15 is 0 Å². The van der Waals surface area contributed by atoms with Gasteiger partial charge in [-0.2, -0.15) is 10.5 Å². The number of carbonyl (C=O) groups excluding carboxylic acids is 1. The Kier molecular flexibility index (Phi) is 2.20. The van der Waals surface area contributed by atoms with E-state index in [1.165, 1.54) is 18.2 Å². The van der Waals surface area contributed by atoms with Crippen molar-refractivity contribution in [3.63, 3.8) is 0 Å². The highest BCUT2D eigenvalue weighted by molar-refractivity contribution is 5.79. The molecule has 0 aromatic heterocycles. The van der Waals surface area contributed by atoms with E-state index < -0.39 is 0 Å². The number of benzene rings is 1. The molecule has 0 fully saturated rings. The average Bonchev–Trinajstić information content (AvgIpc) is 2.16. The predicted molar refractivity (Wildman–Crippen MR) is 41.3 cm³/mol. The van der Waals surface area contributed by atoms with Crippen LogP contribution in [0.2, 0.25) is 0 Å². The first-order chi connectivity index (χ1) is 5.81. The van der Waals surface area contributed by atoms with Crippen LogP contribution in [0.15, 0.2) is 18.2 Å². The zero-order chi connectivity index (χ0) is 8.97. The first-order valence-electron chi connectivity index (χ1n) is 3.21. The number of rotatable bonds is 1. The molecule has 0 unspecified atom stereocenters. The molecule has 12 heavy (non-hydrogen) atoms. The van der Waals surface area contributed by atoms with Crippen LogP contribution < -0.4 is 0 Å². The molecule has 0 saturated carbocycles. The molecule has 0 atom stereocenters. The second-order valence-electron chi connectivity index (χ2n) is 2.14. The van der Waals surface area contributed by atoms with E-state index in [1.54, 1.807) is 0 Å². The average molecular weight is 156 g/mol. The highest BCUT2D eigenvalue weighted by atomic mass is 16.1. The van der Waals surface area contributed by atoms with Gasteiger partial charge in [-0.1, -0.05) is 0 Å². The van der Waals surface area contributed by atoms with Crippen molar-refractivity contribution in [1.82, 2.24) is 0 Å². The van der Waals surface area contributed by atoms with E-state index in [9.17, 15) is 4.79 Å². The molecule has 0 saturated heterocycles. The fraction of sp³-hybridized carbons (Fsp3) is 0. The summed E-state index contributed by atoms with van der Waals surface area (Å²) in [4.78, 5) is 10.4. The maximum atomic E-state index is 10.4. The summed E-state index contributed by atoms with van der Waals surface area (Å²) in [7, 11) is 0. The van der Waals surface area contributed by atoms with E-state index in [-0.39, 0.29) is 5.56 Å². The molecular weight excluding hydrogens is 152 g/mol. The molecule has 0 radical (unpaired) electrons. The van der Waals surface area contributed by atoms with Crippen molar-refractivity contribution in [3.8, 4) is 12.1 Å². The van der Waals surface area contributed by atoms with Gasteiger partial charge in [-0.3, -0.25) is 4.79 Å². The molecule has 1 aromatic rings. The molecule has 3 nitrogen and oxygen atoms in total. The van der Waals surface area contributed by atoms with Crippen molar-refractivity contribution in [2.24, 2.45) is 0 Å². The molecule has 56 valence electrons. The number of carbonyl (C=O) groups is 1. The van der Waals surface area contributed by atoms with Crippen molar-refractivity contribution in [1.29, 1.82) is 10.5 Å². The maximum absolute atomic E-state index is 10.4. The van der Waals surface area contributed by atoms with Gasteiger partial charge in [-0.05, 0) is 18.2 Å². The lowest BCUT2D eigenvalue weighted by molar-refractivity contribution is 0.112.